The molecule has 0 amide bonds. The predicted octanol–water partition coefficient (Wildman–Crippen LogP) is -0.915. The molecule has 0 aromatic heterocycles. The van der Waals surface area contributed by atoms with E-state index in [-0.39, 0.29) is 30.9 Å². The van der Waals surface area contributed by atoms with E-state index >= 15 is 0 Å². The van der Waals surface area contributed by atoms with Crippen molar-refractivity contribution in [3.05, 3.63) is 11.5 Å². The molecular weight excluding hydrogens is 239 g/mol. The molecule has 2 fully saturated rings. The molecule has 4 nitrogen and oxygen atoms in total. The van der Waals surface area contributed by atoms with Gasteiger partial charge in [0.05, 0.1) is 19.2 Å². The summed E-state index contributed by atoms with van der Waals surface area (Å²) in [4.78, 5) is 0. The first-order chi connectivity index (χ1) is 8.69. The molecule has 0 aromatic rings. The van der Waals surface area contributed by atoms with E-state index in [0.717, 1.165) is 44.1 Å². The minimum Gasteiger partial charge on any atom is -0.610 e. The van der Waals surface area contributed by atoms with Crippen molar-refractivity contribution in [3.63, 3.8) is 0 Å². The summed E-state index contributed by atoms with van der Waals surface area (Å²) in [5.74, 6) is -0.518. The van der Waals surface area contributed by atoms with Crippen LogP contribution in [0.2, 0.25) is 0 Å². The Kier molecular flexibility index (Phi) is 6.76. The first-order valence-electron chi connectivity index (χ1n) is 7.02. The predicted molar refractivity (Wildman–Crippen MR) is 65.6 cm³/mol. The molecule has 19 heavy (non-hydrogen) atoms. The smallest absolute Gasteiger partial charge is 0.610 e. The van der Waals surface area contributed by atoms with Crippen molar-refractivity contribution in [2.75, 3.05) is 13.2 Å². The summed E-state index contributed by atoms with van der Waals surface area (Å²) in [6.07, 6.45) is 4.84. The van der Waals surface area contributed by atoms with Gasteiger partial charge in [-0.2, -0.15) is 0 Å². The fourth-order valence-corrected chi connectivity index (χ4v) is 2.61. The maximum atomic E-state index is 12.0. The molecule has 1 aliphatic heterocycles. The van der Waals surface area contributed by atoms with Crippen LogP contribution in [0.5, 0.6) is 0 Å². The molecule has 2 rings (SSSR count). The van der Waals surface area contributed by atoms with Crippen molar-refractivity contribution in [3.8, 4) is 0 Å². The van der Waals surface area contributed by atoms with Crippen molar-refractivity contribution in [1.29, 1.82) is 0 Å². The molecule has 0 N–H and O–H groups in total. The summed E-state index contributed by atoms with van der Waals surface area (Å²) in [5, 5.41) is 12.0. The fourth-order valence-electron chi connectivity index (χ4n) is 2.61. The molecule has 0 atom stereocenters. The van der Waals surface area contributed by atoms with Gasteiger partial charge in [-0.05, 0) is 31.3 Å². The molecule has 104 valence electrons. The Morgan fingerprint density at radius 1 is 1.21 bits per heavy atom. The Balaban J connectivity index is 0.00000180. The number of rotatable bonds is 4. The van der Waals surface area contributed by atoms with E-state index in [1.54, 1.807) is 0 Å². The van der Waals surface area contributed by atoms with Gasteiger partial charge in [-0.3, -0.25) is 0 Å². The molecule has 1 saturated carbocycles. The van der Waals surface area contributed by atoms with Gasteiger partial charge in [0.25, 0.3) is 0 Å². The SMILES string of the molecule is CCC(CC)OC([O-])=C1CCC2(CC1)OCCO2.[Li+]. The van der Waals surface area contributed by atoms with Crippen molar-refractivity contribution in [2.45, 2.75) is 64.3 Å². The summed E-state index contributed by atoms with van der Waals surface area (Å²) in [6.45, 7) is 5.44. The molecule has 0 unspecified atom stereocenters. The van der Waals surface area contributed by atoms with Crippen molar-refractivity contribution in [1.82, 2.24) is 0 Å². The van der Waals surface area contributed by atoms with Crippen LogP contribution in [0.3, 0.4) is 0 Å². The molecule has 1 aliphatic carbocycles. The van der Waals surface area contributed by atoms with E-state index in [1.165, 1.54) is 0 Å². The summed E-state index contributed by atoms with van der Waals surface area (Å²) < 4.78 is 16.8. The van der Waals surface area contributed by atoms with E-state index in [1.807, 2.05) is 13.8 Å². The molecular formula is C14H23LiO4. The summed E-state index contributed by atoms with van der Waals surface area (Å²) >= 11 is 0. The number of hydrogen-bond acceptors (Lipinski definition) is 4. The maximum absolute atomic E-state index is 12.0. The Morgan fingerprint density at radius 2 is 1.74 bits per heavy atom. The second-order valence-electron chi connectivity index (χ2n) is 5.05. The normalized spacial score (nSPS) is 21.5. The van der Waals surface area contributed by atoms with Crippen LogP contribution < -0.4 is 24.0 Å². The van der Waals surface area contributed by atoms with E-state index in [0.29, 0.717) is 13.2 Å². The van der Waals surface area contributed by atoms with E-state index in [4.69, 9.17) is 14.2 Å². The largest absolute Gasteiger partial charge is 1.00 e. The van der Waals surface area contributed by atoms with Crippen LogP contribution >= 0.6 is 0 Å². The van der Waals surface area contributed by atoms with Crippen LogP contribution in [0.1, 0.15) is 52.4 Å². The zero-order valence-electron chi connectivity index (χ0n) is 12.4. The molecule has 1 saturated heterocycles. The van der Waals surface area contributed by atoms with Gasteiger partial charge in [0, 0.05) is 18.9 Å². The zero-order chi connectivity index (χ0) is 13.0. The topological polar surface area (TPSA) is 50.8 Å². The molecule has 5 heteroatoms. The minimum atomic E-state index is -0.404. The second-order valence-corrected chi connectivity index (χ2v) is 5.05. The van der Waals surface area contributed by atoms with Crippen molar-refractivity contribution >= 4 is 0 Å². The average molecular weight is 262 g/mol. The average Bonchev–Trinajstić information content (AvgIpc) is 2.85. The minimum absolute atomic E-state index is 0. The van der Waals surface area contributed by atoms with Gasteiger partial charge in [0.2, 0.25) is 0 Å². The quantitative estimate of drug-likeness (QED) is 0.486. The summed E-state index contributed by atoms with van der Waals surface area (Å²) in [6, 6.07) is 0. The molecule has 0 aromatic carbocycles. The van der Waals surface area contributed by atoms with Crippen LogP contribution in [0.15, 0.2) is 11.5 Å². The third kappa shape index (κ3) is 4.16. The molecule has 1 spiro atoms. The number of allylic oxidation sites excluding steroid dienone is 1. The first kappa shape index (κ1) is 16.9. The van der Waals surface area contributed by atoms with E-state index in [2.05, 4.69) is 0 Å². The van der Waals surface area contributed by atoms with Crippen LogP contribution in [0, 0.1) is 0 Å². The number of ether oxygens (including phenoxy) is 3. The fraction of sp³-hybridized carbons (Fsp3) is 0.857. The van der Waals surface area contributed by atoms with Gasteiger partial charge in [-0.1, -0.05) is 13.8 Å². The Morgan fingerprint density at radius 3 is 2.21 bits per heavy atom. The van der Waals surface area contributed by atoms with Crippen molar-refractivity contribution < 1.29 is 38.2 Å². The van der Waals surface area contributed by atoms with Gasteiger partial charge < -0.3 is 19.3 Å². The molecule has 0 bridgehead atoms. The first-order valence-corrected chi connectivity index (χ1v) is 7.02. The Labute approximate surface area is 127 Å². The molecule has 1 heterocycles. The van der Waals surface area contributed by atoms with Crippen molar-refractivity contribution in [2.24, 2.45) is 0 Å². The van der Waals surface area contributed by atoms with Gasteiger partial charge in [-0.25, -0.2) is 0 Å². The Hall–Kier alpha value is -0.143. The third-order valence-corrected chi connectivity index (χ3v) is 3.90. The molecule has 0 radical (unpaired) electrons. The molecule has 2 aliphatic rings. The van der Waals surface area contributed by atoms with E-state index < -0.39 is 5.79 Å². The summed E-state index contributed by atoms with van der Waals surface area (Å²) in [7, 11) is 0. The third-order valence-electron chi connectivity index (χ3n) is 3.90. The van der Waals surface area contributed by atoms with Gasteiger partial charge in [0.1, 0.15) is 0 Å². The maximum Gasteiger partial charge on any atom is 1.00 e. The number of hydrogen-bond donors (Lipinski definition) is 0. The van der Waals surface area contributed by atoms with E-state index in [9.17, 15) is 5.11 Å². The van der Waals surface area contributed by atoms with Crippen LogP contribution in [0.4, 0.5) is 0 Å². The van der Waals surface area contributed by atoms with Crippen LogP contribution in [-0.4, -0.2) is 25.1 Å². The Bertz CT molecular complexity index is 295. The summed E-state index contributed by atoms with van der Waals surface area (Å²) in [5.41, 5.74) is 0.895. The van der Waals surface area contributed by atoms with Gasteiger partial charge in [-0.15, -0.1) is 0 Å². The van der Waals surface area contributed by atoms with Crippen LogP contribution in [0.25, 0.3) is 0 Å². The zero-order valence-corrected chi connectivity index (χ0v) is 12.4. The monoisotopic (exact) mass is 262 g/mol. The van der Waals surface area contributed by atoms with Gasteiger partial charge >= 0.3 is 18.9 Å². The van der Waals surface area contributed by atoms with Gasteiger partial charge in [0.15, 0.2) is 5.79 Å². The second kappa shape index (κ2) is 7.59. The standard InChI is InChI=1S/C14H24O4.Li/c1-3-12(4-2)18-13(15)11-5-7-14(8-6-11)16-9-10-17-14;/h12,15H,3-10H2,1-2H3;/q;+1/p-1. The van der Waals surface area contributed by atoms with Crippen LogP contribution in [-0.2, 0) is 14.2 Å².